The predicted molar refractivity (Wildman–Crippen MR) is 75.0 cm³/mol. The number of hydrogen-bond acceptors (Lipinski definition) is 4. The fraction of sp³-hybridized carbons (Fsp3) is 0.286. The van der Waals surface area contributed by atoms with E-state index in [-0.39, 0.29) is 0 Å². The maximum Gasteiger partial charge on any atom is 0.103 e. The summed E-state index contributed by atoms with van der Waals surface area (Å²) in [4.78, 5) is 0. The van der Waals surface area contributed by atoms with Gasteiger partial charge in [0.1, 0.15) is 11.3 Å². The molecule has 2 rings (SSSR count). The second-order valence-corrected chi connectivity index (χ2v) is 5.15. The van der Waals surface area contributed by atoms with Gasteiger partial charge in [-0.1, -0.05) is 12.2 Å². The van der Waals surface area contributed by atoms with Crippen LogP contribution in [0.4, 0.5) is 0 Å². The SMILES string of the molecule is CC1=CC(N)(N)C=C/C1=C1\C=CC(N)(N)C=C1C. The summed E-state index contributed by atoms with van der Waals surface area (Å²) >= 11 is 0. The monoisotopic (exact) mass is 244 g/mol. The van der Waals surface area contributed by atoms with Crippen molar-refractivity contribution < 1.29 is 0 Å². The Labute approximate surface area is 107 Å². The molecule has 0 spiro atoms. The standard InChI is InChI=1S/C14H20N4/c1-9-7-13(15,16)5-3-11(9)12-4-6-14(17,18)8-10(12)2/h3-8H,15-18H2,1-2H3/b12-11-. The first kappa shape index (κ1) is 13.0. The van der Waals surface area contributed by atoms with Gasteiger partial charge in [-0.3, -0.25) is 0 Å². The molecule has 2 aliphatic carbocycles. The van der Waals surface area contributed by atoms with Gasteiger partial charge < -0.3 is 22.9 Å². The van der Waals surface area contributed by atoms with E-state index in [1.807, 2.05) is 38.2 Å². The topological polar surface area (TPSA) is 104 Å². The summed E-state index contributed by atoms with van der Waals surface area (Å²) in [5, 5.41) is 0. The molecule has 0 aromatic carbocycles. The van der Waals surface area contributed by atoms with E-state index in [9.17, 15) is 0 Å². The summed E-state index contributed by atoms with van der Waals surface area (Å²) < 4.78 is 0. The first-order chi connectivity index (χ1) is 8.20. The van der Waals surface area contributed by atoms with Crippen molar-refractivity contribution in [1.29, 1.82) is 0 Å². The highest BCUT2D eigenvalue weighted by Crippen LogP contribution is 2.30. The zero-order valence-corrected chi connectivity index (χ0v) is 10.8. The molecule has 96 valence electrons. The maximum absolute atomic E-state index is 5.86. The van der Waals surface area contributed by atoms with Crippen LogP contribution in [0.5, 0.6) is 0 Å². The summed E-state index contributed by atoms with van der Waals surface area (Å²) in [5.41, 5.74) is 26.0. The van der Waals surface area contributed by atoms with E-state index in [0.29, 0.717) is 0 Å². The lowest BCUT2D eigenvalue weighted by Crippen LogP contribution is -2.47. The fourth-order valence-electron chi connectivity index (χ4n) is 2.32. The summed E-state index contributed by atoms with van der Waals surface area (Å²) in [6.45, 7) is 3.99. The van der Waals surface area contributed by atoms with Crippen LogP contribution in [0.25, 0.3) is 0 Å². The van der Waals surface area contributed by atoms with Crippen molar-refractivity contribution >= 4 is 0 Å². The van der Waals surface area contributed by atoms with Crippen molar-refractivity contribution in [3.63, 3.8) is 0 Å². The Balaban J connectivity index is 2.47. The second kappa shape index (κ2) is 4.03. The Morgan fingerprint density at radius 3 is 1.33 bits per heavy atom. The van der Waals surface area contributed by atoms with Gasteiger partial charge in [-0.2, -0.15) is 0 Å². The van der Waals surface area contributed by atoms with Crippen molar-refractivity contribution in [2.24, 2.45) is 22.9 Å². The summed E-state index contributed by atoms with van der Waals surface area (Å²) in [6.07, 6.45) is 11.2. The third kappa shape index (κ3) is 2.52. The summed E-state index contributed by atoms with van der Waals surface area (Å²) in [5.74, 6) is 0. The molecule has 0 aromatic rings. The van der Waals surface area contributed by atoms with E-state index in [4.69, 9.17) is 22.9 Å². The lowest BCUT2D eigenvalue weighted by Gasteiger charge is -2.27. The molecule has 0 saturated heterocycles. The average molecular weight is 244 g/mol. The van der Waals surface area contributed by atoms with Gasteiger partial charge in [0.05, 0.1) is 0 Å². The van der Waals surface area contributed by atoms with Gasteiger partial charge in [0.2, 0.25) is 0 Å². The molecule has 18 heavy (non-hydrogen) atoms. The zero-order chi connectivity index (χ0) is 13.6. The van der Waals surface area contributed by atoms with Crippen molar-refractivity contribution in [3.8, 4) is 0 Å². The Morgan fingerprint density at radius 1 is 0.722 bits per heavy atom. The van der Waals surface area contributed by atoms with Gasteiger partial charge in [-0.15, -0.1) is 0 Å². The highest BCUT2D eigenvalue weighted by Gasteiger charge is 2.22. The molecule has 0 radical (unpaired) electrons. The van der Waals surface area contributed by atoms with Crippen molar-refractivity contribution in [2.45, 2.75) is 25.2 Å². The molecule has 0 fully saturated rings. The Bertz CT molecular complexity index is 480. The first-order valence-electron chi connectivity index (χ1n) is 5.88. The van der Waals surface area contributed by atoms with Gasteiger partial charge >= 0.3 is 0 Å². The zero-order valence-electron chi connectivity index (χ0n) is 10.8. The van der Waals surface area contributed by atoms with E-state index < -0.39 is 11.3 Å². The maximum atomic E-state index is 5.86. The van der Waals surface area contributed by atoms with E-state index in [2.05, 4.69) is 0 Å². The lowest BCUT2D eigenvalue weighted by molar-refractivity contribution is 0.678. The lowest BCUT2D eigenvalue weighted by atomic mass is 9.85. The molecule has 2 aliphatic rings. The minimum atomic E-state index is -0.865. The summed E-state index contributed by atoms with van der Waals surface area (Å²) in [6, 6.07) is 0. The minimum absolute atomic E-state index is 0.865. The van der Waals surface area contributed by atoms with E-state index in [1.54, 1.807) is 12.2 Å². The third-order valence-electron chi connectivity index (χ3n) is 3.15. The highest BCUT2D eigenvalue weighted by molar-refractivity contribution is 5.59. The Morgan fingerprint density at radius 2 is 1.06 bits per heavy atom. The van der Waals surface area contributed by atoms with Gasteiger partial charge in [0.15, 0.2) is 0 Å². The highest BCUT2D eigenvalue weighted by atomic mass is 14.9. The first-order valence-corrected chi connectivity index (χ1v) is 5.88. The van der Waals surface area contributed by atoms with Gasteiger partial charge in [0.25, 0.3) is 0 Å². The molecule has 8 N–H and O–H groups in total. The minimum Gasteiger partial charge on any atom is -0.307 e. The van der Waals surface area contributed by atoms with Crippen LogP contribution in [0.3, 0.4) is 0 Å². The molecule has 4 nitrogen and oxygen atoms in total. The largest absolute Gasteiger partial charge is 0.307 e. The van der Waals surface area contributed by atoms with Crippen LogP contribution in [-0.4, -0.2) is 11.3 Å². The number of hydrogen-bond donors (Lipinski definition) is 4. The fourth-order valence-corrected chi connectivity index (χ4v) is 2.32. The van der Waals surface area contributed by atoms with Crippen LogP contribution in [0.1, 0.15) is 13.8 Å². The molecule has 0 heterocycles. The molecule has 0 aromatic heterocycles. The Kier molecular flexibility index (Phi) is 2.91. The third-order valence-corrected chi connectivity index (χ3v) is 3.15. The number of nitrogens with two attached hydrogens (primary N) is 4. The molecule has 0 saturated carbocycles. The van der Waals surface area contributed by atoms with E-state index in [1.165, 1.54) is 0 Å². The van der Waals surface area contributed by atoms with Crippen molar-refractivity contribution in [2.75, 3.05) is 0 Å². The van der Waals surface area contributed by atoms with Crippen LogP contribution in [-0.2, 0) is 0 Å². The normalized spacial score (nSPS) is 29.0. The van der Waals surface area contributed by atoms with Gasteiger partial charge in [-0.05, 0) is 60.4 Å². The van der Waals surface area contributed by atoms with E-state index >= 15 is 0 Å². The second-order valence-electron chi connectivity index (χ2n) is 5.15. The van der Waals surface area contributed by atoms with Crippen molar-refractivity contribution in [3.05, 3.63) is 58.7 Å². The van der Waals surface area contributed by atoms with Crippen LogP contribution >= 0.6 is 0 Å². The van der Waals surface area contributed by atoms with E-state index in [0.717, 1.165) is 22.3 Å². The molecule has 4 heteroatoms. The molecular formula is C14H20N4. The quantitative estimate of drug-likeness (QED) is 0.467. The van der Waals surface area contributed by atoms with Crippen molar-refractivity contribution in [1.82, 2.24) is 0 Å². The van der Waals surface area contributed by atoms with Crippen LogP contribution in [0.15, 0.2) is 58.7 Å². The van der Waals surface area contributed by atoms with Crippen LogP contribution in [0, 0.1) is 0 Å². The van der Waals surface area contributed by atoms with Crippen LogP contribution < -0.4 is 22.9 Å². The molecule has 0 bridgehead atoms. The number of allylic oxidation sites excluding steroid dienone is 6. The molecule has 0 unspecified atom stereocenters. The van der Waals surface area contributed by atoms with Gasteiger partial charge in [0, 0.05) is 0 Å². The molecule has 0 atom stereocenters. The smallest absolute Gasteiger partial charge is 0.103 e. The van der Waals surface area contributed by atoms with Gasteiger partial charge in [-0.25, -0.2) is 0 Å². The van der Waals surface area contributed by atoms with Crippen LogP contribution in [0.2, 0.25) is 0 Å². The molecule has 0 amide bonds. The summed E-state index contributed by atoms with van der Waals surface area (Å²) in [7, 11) is 0. The molecule has 0 aliphatic heterocycles. The number of rotatable bonds is 0. The Hall–Kier alpha value is -1.46. The predicted octanol–water partition coefficient (Wildman–Crippen LogP) is 0.543. The average Bonchev–Trinajstić information content (AvgIpc) is 2.17. The molecular weight excluding hydrogens is 224 g/mol.